The Balaban J connectivity index is 1.56. The molecule has 0 amide bonds. The van der Waals surface area contributed by atoms with Crippen LogP contribution >= 0.6 is 11.6 Å². The van der Waals surface area contributed by atoms with E-state index < -0.39 is 4.92 Å². The molecule has 1 saturated heterocycles. The molecule has 3 rings (SSSR count). The maximum atomic E-state index is 10.7. The summed E-state index contributed by atoms with van der Waals surface area (Å²) in [5.41, 5.74) is 2.44. The summed E-state index contributed by atoms with van der Waals surface area (Å²) < 4.78 is 0. The number of nitro groups is 1. The molecule has 6 nitrogen and oxygen atoms in total. The summed E-state index contributed by atoms with van der Waals surface area (Å²) in [5.74, 6) is 0.785. The van der Waals surface area contributed by atoms with E-state index in [-0.39, 0.29) is 5.69 Å². The summed E-state index contributed by atoms with van der Waals surface area (Å²) in [7, 11) is 0. The fourth-order valence-corrected chi connectivity index (χ4v) is 3.15. The summed E-state index contributed by atoms with van der Waals surface area (Å²) in [6.07, 6.45) is 2.33. The molecule has 0 aliphatic carbocycles. The van der Waals surface area contributed by atoms with Crippen molar-refractivity contribution in [2.75, 3.05) is 18.0 Å². The van der Waals surface area contributed by atoms with Crippen molar-refractivity contribution < 1.29 is 4.92 Å². The van der Waals surface area contributed by atoms with Crippen LogP contribution in [0, 0.1) is 17.0 Å². The minimum absolute atomic E-state index is 0.0193. The predicted octanol–water partition coefficient (Wildman–Crippen LogP) is 3.32. The third kappa shape index (κ3) is 3.83. The number of benzene rings is 1. The van der Waals surface area contributed by atoms with E-state index in [9.17, 15) is 10.1 Å². The molecule has 126 valence electrons. The molecule has 0 saturated carbocycles. The fraction of sp³-hybridized carbons (Fsp3) is 0.353. The first-order valence-electron chi connectivity index (χ1n) is 7.87. The van der Waals surface area contributed by atoms with E-state index in [1.807, 2.05) is 12.1 Å². The van der Waals surface area contributed by atoms with Crippen LogP contribution in [0.1, 0.15) is 17.5 Å². The largest absolute Gasteiger partial charge is 0.355 e. The number of hydrogen-bond acceptors (Lipinski definition) is 5. The second kappa shape index (κ2) is 7.15. The van der Waals surface area contributed by atoms with Gasteiger partial charge in [-0.05, 0) is 42.7 Å². The van der Waals surface area contributed by atoms with E-state index >= 15 is 0 Å². The van der Waals surface area contributed by atoms with Gasteiger partial charge in [-0.3, -0.25) is 10.1 Å². The Morgan fingerprint density at radius 1 is 1.42 bits per heavy atom. The van der Waals surface area contributed by atoms with Gasteiger partial charge in [-0.15, -0.1) is 0 Å². The van der Waals surface area contributed by atoms with Crippen molar-refractivity contribution in [1.29, 1.82) is 0 Å². The molecule has 2 aromatic rings. The molecule has 0 bridgehead atoms. The first kappa shape index (κ1) is 16.7. The highest BCUT2D eigenvalue weighted by Gasteiger charge is 2.23. The van der Waals surface area contributed by atoms with Gasteiger partial charge >= 0.3 is 0 Å². The highest BCUT2D eigenvalue weighted by Crippen LogP contribution is 2.21. The van der Waals surface area contributed by atoms with Gasteiger partial charge in [-0.1, -0.05) is 17.7 Å². The number of pyridine rings is 1. The van der Waals surface area contributed by atoms with Gasteiger partial charge in [0.1, 0.15) is 12.0 Å². The van der Waals surface area contributed by atoms with E-state index in [4.69, 9.17) is 11.6 Å². The number of hydrogen-bond donors (Lipinski definition) is 1. The molecule has 1 aromatic heterocycles. The van der Waals surface area contributed by atoms with Crippen molar-refractivity contribution in [3.8, 4) is 0 Å². The van der Waals surface area contributed by atoms with Crippen molar-refractivity contribution in [3.63, 3.8) is 0 Å². The molecule has 1 N–H and O–H groups in total. The number of halogens is 1. The van der Waals surface area contributed by atoms with Crippen LogP contribution in [-0.4, -0.2) is 29.0 Å². The lowest BCUT2D eigenvalue weighted by atomic mass is 10.1. The fourth-order valence-electron chi connectivity index (χ4n) is 2.92. The van der Waals surface area contributed by atoms with Gasteiger partial charge in [0.2, 0.25) is 0 Å². The Kier molecular flexibility index (Phi) is 4.97. The topological polar surface area (TPSA) is 71.3 Å². The van der Waals surface area contributed by atoms with Crippen LogP contribution < -0.4 is 10.2 Å². The molecule has 1 fully saturated rings. The van der Waals surface area contributed by atoms with Gasteiger partial charge < -0.3 is 10.2 Å². The zero-order valence-electron chi connectivity index (χ0n) is 13.4. The van der Waals surface area contributed by atoms with Crippen LogP contribution in [0.5, 0.6) is 0 Å². The lowest BCUT2D eigenvalue weighted by molar-refractivity contribution is -0.385. The number of aryl methyl sites for hydroxylation is 1. The van der Waals surface area contributed by atoms with Crippen LogP contribution in [0.15, 0.2) is 36.5 Å². The van der Waals surface area contributed by atoms with Crippen molar-refractivity contribution in [2.24, 2.45) is 0 Å². The van der Waals surface area contributed by atoms with E-state index in [0.29, 0.717) is 6.04 Å². The highest BCUT2D eigenvalue weighted by atomic mass is 35.5. The maximum Gasteiger partial charge on any atom is 0.287 e. The average molecular weight is 347 g/mol. The van der Waals surface area contributed by atoms with Crippen molar-refractivity contribution in [3.05, 3.63) is 62.8 Å². The molecular weight excluding hydrogens is 328 g/mol. The minimum Gasteiger partial charge on any atom is -0.355 e. The molecule has 0 radical (unpaired) electrons. The molecule has 2 heterocycles. The van der Waals surface area contributed by atoms with Crippen molar-refractivity contribution in [1.82, 2.24) is 10.3 Å². The lowest BCUT2D eigenvalue weighted by Gasteiger charge is -2.18. The van der Waals surface area contributed by atoms with Crippen LogP contribution in [0.25, 0.3) is 0 Å². The van der Waals surface area contributed by atoms with Crippen molar-refractivity contribution in [2.45, 2.75) is 25.9 Å². The number of rotatable bonds is 5. The summed E-state index contributed by atoms with van der Waals surface area (Å²) in [6, 6.07) is 9.52. The number of anilines is 1. The average Bonchev–Trinajstić information content (AvgIpc) is 3.03. The van der Waals surface area contributed by atoms with Gasteiger partial charge in [0, 0.05) is 36.8 Å². The second-order valence-corrected chi connectivity index (χ2v) is 6.45. The van der Waals surface area contributed by atoms with Gasteiger partial charge in [0.25, 0.3) is 5.69 Å². The van der Waals surface area contributed by atoms with Crippen molar-refractivity contribution >= 4 is 23.1 Å². The first-order valence-corrected chi connectivity index (χ1v) is 8.24. The SMILES string of the molecule is Cc1cc(Cl)ccc1CNC1CCN(c2ccc([N+](=O)[O-])cn2)C1. The van der Waals surface area contributed by atoms with E-state index in [1.165, 1.54) is 23.4 Å². The third-order valence-corrected chi connectivity index (χ3v) is 4.58. The molecule has 1 unspecified atom stereocenters. The molecule has 1 aromatic carbocycles. The monoisotopic (exact) mass is 346 g/mol. The van der Waals surface area contributed by atoms with E-state index in [2.05, 4.69) is 28.2 Å². The second-order valence-electron chi connectivity index (χ2n) is 6.02. The summed E-state index contributed by atoms with van der Waals surface area (Å²) in [5, 5.41) is 15.0. The zero-order valence-corrected chi connectivity index (χ0v) is 14.2. The Morgan fingerprint density at radius 3 is 2.92 bits per heavy atom. The van der Waals surface area contributed by atoms with Crippen LogP contribution in [0.2, 0.25) is 5.02 Å². The van der Waals surface area contributed by atoms with Crippen LogP contribution in [-0.2, 0) is 6.54 Å². The smallest absolute Gasteiger partial charge is 0.287 e. The molecule has 1 aliphatic heterocycles. The predicted molar refractivity (Wildman–Crippen MR) is 94.5 cm³/mol. The van der Waals surface area contributed by atoms with Gasteiger partial charge in [0.15, 0.2) is 0 Å². The lowest BCUT2D eigenvalue weighted by Crippen LogP contribution is -2.32. The van der Waals surface area contributed by atoms with E-state index in [0.717, 1.165) is 36.9 Å². The first-order chi connectivity index (χ1) is 11.5. The molecule has 24 heavy (non-hydrogen) atoms. The maximum absolute atomic E-state index is 10.7. The summed E-state index contributed by atoms with van der Waals surface area (Å²) >= 11 is 5.99. The zero-order chi connectivity index (χ0) is 17.1. The quantitative estimate of drug-likeness (QED) is 0.664. The van der Waals surface area contributed by atoms with Crippen LogP contribution in [0.4, 0.5) is 11.5 Å². The minimum atomic E-state index is -0.431. The Hall–Kier alpha value is -2.18. The Bertz CT molecular complexity index is 736. The number of nitrogens with one attached hydrogen (secondary N) is 1. The highest BCUT2D eigenvalue weighted by molar-refractivity contribution is 6.30. The summed E-state index contributed by atoms with van der Waals surface area (Å²) in [4.78, 5) is 16.6. The molecule has 1 atom stereocenters. The van der Waals surface area contributed by atoms with Gasteiger partial charge in [-0.2, -0.15) is 0 Å². The number of nitrogens with zero attached hydrogens (tertiary/aromatic N) is 3. The molecule has 0 spiro atoms. The Morgan fingerprint density at radius 2 is 2.25 bits per heavy atom. The third-order valence-electron chi connectivity index (χ3n) is 4.34. The standard InChI is InChI=1S/C17H19ClN4O2/c1-12-8-14(18)3-2-13(12)9-19-15-6-7-21(11-15)17-5-4-16(10-20-17)22(23)24/h2-5,8,10,15,19H,6-7,9,11H2,1H3. The van der Waals surface area contributed by atoms with Gasteiger partial charge in [0.05, 0.1) is 4.92 Å². The molecule has 1 aliphatic rings. The molecule has 7 heteroatoms. The number of aromatic nitrogens is 1. The normalized spacial score (nSPS) is 17.2. The van der Waals surface area contributed by atoms with E-state index in [1.54, 1.807) is 6.07 Å². The Labute approximate surface area is 145 Å². The van der Waals surface area contributed by atoms with Gasteiger partial charge in [-0.25, -0.2) is 4.98 Å². The summed E-state index contributed by atoms with van der Waals surface area (Å²) in [6.45, 7) is 4.60. The van der Waals surface area contributed by atoms with Crippen LogP contribution in [0.3, 0.4) is 0 Å². The molecular formula is C17H19ClN4O2.